The fourth-order valence-electron chi connectivity index (χ4n) is 4.27. The van der Waals surface area contributed by atoms with E-state index in [1.54, 1.807) is 0 Å². The molecule has 0 amide bonds. The molecule has 0 aliphatic carbocycles. The number of likely N-dealkylation sites (N-methyl/N-ethyl adjacent to an activating group) is 1. The van der Waals surface area contributed by atoms with Gasteiger partial charge in [0.2, 0.25) is 0 Å². The molecule has 1 aliphatic heterocycles. The van der Waals surface area contributed by atoms with E-state index in [0.717, 1.165) is 48.2 Å². The number of rotatable bonds is 3. The molecule has 5 nitrogen and oxygen atoms in total. The van der Waals surface area contributed by atoms with Crippen molar-refractivity contribution in [2.75, 3.05) is 32.1 Å². The zero-order valence-corrected chi connectivity index (χ0v) is 16.0. The molecule has 0 radical (unpaired) electrons. The summed E-state index contributed by atoms with van der Waals surface area (Å²) in [5, 5.41) is 9.81. The van der Waals surface area contributed by atoms with Crippen LogP contribution in [0.3, 0.4) is 0 Å². The summed E-state index contributed by atoms with van der Waals surface area (Å²) in [4.78, 5) is 9.61. The van der Waals surface area contributed by atoms with Gasteiger partial charge in [-0.25, -0.2) is 4.98 Å². The van der Waals surface area contributed by atoms with Gasteiger partial charge in [-0.15, -0.1) is 0 Å². The van der Waals surface area contributed by atoms with E-state index in [0.29, 0.717) is 11.6 Å². The third-order valence-electron chi connectivity index (χ3n) is 5.75. The van der Waals surface area contributed by atoms with Gasteiger partial charge >= 0.3 is 0 Å². The Balaban J connectivity index is 2.06. The fourth-order valence-corrected chi connectivity index (χ4v) is 4.27. The van der Waals surface area contributed by atoms with Gasteiger partial charge in [-0.3, -0.25) is 4.40 Å². The number of hydrogen-bond donors (Lipinski definition) is 0. The van der Waals surface area contributed by atoms with Gasteiger partial charge in [0, 0.05) is 19.1 Å². The summed E-state index contributed by atoms with van der Waals surface area (Å²) in [6.45, 7) is 6.28. The van der Waals surface area contributed by atoms with Crippen LogP contribution in [0.25, 0.3) is 16.7 Å². The molecule has 1 aliphatic rings. The molecule has 1 saturated heterocycles. The highest BCUT2D eigenvalue weighted by Crippen LogP contribution is 2.35. The molecule has 0 spiro atoms. The summed E-state index contributed by atoms with van der Waals surface area (Å²) < 4.78 is 2.22. The number of nitriles is 1. The first-order chi connectivity index (χ1) is 12.6. The predicted molar refractivity (Wildman–Crippen MR) is 106 cm³/mol. The highest BCUT2D eigenvalue weighted by molar-refractivity contribution is 5.86. The molecule has 0 unspecified atom stereocenters. The third-order valence-corrected chi connectivity index (χ3v) is 5.75. The molecule has 134 valence electrons. The first-order valence-electron chi connectivity index (χ1n) is 9.30. The van der Waals surface area contributed by atoms with Crippen LogP contribution in [0.4, 0.5) is 5.82 Å². The van der Waals surface area contributed by atoms with Crippen LogP contribution in [0, 0.1) is 18.3 Å². The molecule has 26 heavy (non-hydrogen) atoms. The van der Waals surface area contributed by atoms with Gasteiger partial charge in [0.25, 0.3) is 0 Å². The molecule has 5 heteroatoms. The van der Waals surface area contributed by atoms with Gasteiger partial charge < -0.3 is 9.80 Å². The molecular weight excluding hydrogens is 322 g/mol. The molecule has 0 N–H and O–H groups in total. The topological polar surface area (TPSA) is 47.6 Å². The summed E-state index contributed by atoms with van der Waals surface area (Å²) in [5.41, 5.74) is 5.84. The van der Waals surface area contributed by atoms with Gasteiger partial charge in [0.05, 0.1) is 16.6 Å². The lowest BCUT2D eigenvalue weighted by Crippen LogP contribution is -2.32. The standard InChI is InChI=1S/C21H25N5/c1-5-16-14(2)17(12-22)20-23-18-8-6-7-9-19(18)26(20)21(16)25-11-10-15(13-25)24(3)4/h6-9,15H,5,10-11,13H2,1-4H3/t15-/m1/s1. The number of nitrogens with zero attached hydrogens (tertiary/aromatic N) is 5. The minimum Gasteiger partial charge on any atom is -0.356 e. The summed E-state index contributed by atoms with van der Waals surface area (Å²) in [6.07, 6.45) is 2.06. The van der Waals surface area contributed by atoms with Crippen molar-refractivity contribution in [1.29, 1.82) is 5.26 Å². The van der Waals surface area contributed by atoms with Crippen molar-refractivity contribution in [2.45, 2.75) is 32.7 Å². The molecule has 1 atom stereocenters. The Kier molecular flexibility index (Phi) is 4.08. The van der Waals surface area contributed by atoms with Crippen molar-refractivity contribution in [3.63, 3.8) is 0 Å². The van der Waals surface area contributed by atoms with E-state index < -0.39 is 0 Å². The van der Waals surface area contributed by atoms with E-state index in [9.17, 15) is 5.26 Å². The van der Waals surface area contributed by atoms with E-state index in [-0.39, 0.29) is 0 Å². The third kappa shape index (κ3) is 2.37. The summed E-state index contributed by atoms with van der Waals surface area (Å²) in [6, 6.07) is 11.2. The number of aromatic nitrogens is 2. The first-order valence-corrected chi connectivity index (χ1v) is 9.30. The molecule has 1 fully saturated rings. The molecule has 0 bridgehead atoms. The second-order valence-electron chi connectivity index (χ2n) is 7.38. The number of imidazole rings is 1. The smallest absolute Gasteiger partial charge is 0.157 e. The Bertz CT molecular complexity index is 1020. The highest BCUT2D eigenvalue weighted by Gasteiger charge is 2.29. The SMILES string of the molecule is CCc1c(C)c(C#N)c2nc3ccccc3n2c1N1CC[C@@H](N(C)C)C1. The minimum absolute atomic E-state index is 0.556. The maximum absolute atomic E-state index is 9.81. The minimum atomic E-state index is 0.556. The van der Waals surface area contributed by atoms with Crippen molar-refractivity contribution in [1.82, 2.24) is 14.3 Å². The van der Waals surface area contributed by atoms with E-state index in [1.165, 1.54) is 11.4 Å². The number of benzene rings is 1. The zero-order valence-electron chi connectivity index (χ0n) is 16.0. The van der Waals surface area contributed by atoms with E-state index in [1.807, 2.05) is 18.2 Å². The largest absolute Gasteiger partial charge is 0.356 e. The number of anilines is 1. The Morgan fingerprint density at radius 3 is 2.73 bits per heavy atom. The summed E-state index contributed by atoms with van der Waals surface area (Å²) in [5.74, 6) is 1.22. The van der Waals surface area contributed by atoms with Crippen LogP contribution in [-0.2, 0) is 6.42 Å². The monoisotopic (exact) mass is 347 g/mol. The number of fused-ring (bicyclic) bond motifs is 3. The van der Waals surface area contributed by atoms with Crippen LogP contribution in [0.15, 0.2) is 24.3 Å². The fraction of sp³-hybridized carbons (Fsp3) is 0.429. The number of para-hydroxylation sites is 2. The number of pyridine rings is 1. The maximum atomic E-state index is 9.81. The second-order valence-corrected chi connectivity index (χ2v) is 7.38. The van der Waals surface area contributed by atoms with Crippen LogP contribution in [0.1, 0.15) is 30.0 Å². The average molecular weight is 347 g/mol. The summed E-state index contributed by atoms with van der Waals surface area (Å²) >= 11 is 0. The Labute approximate surface area is 154 Å². The first kappa shape index (κ1) is 16.9. The van der Waals surface area contributed by atoms with Crippen molar-refractivity contribution in [3.05, 3.63) is 41.0 Å². The van der Waals surface area contributed by atoms with Crippen molar-refractivity contribution >= 4 is 22.5 Å². The molecular formula is C21H25N5. The highest BCUT2D eigenvalue weighted by atomic mass is 15.3. The predicted octanol–water partition coefficient (Wildman–Crippen LogP) is 3.37. The molecule has 4 rings (SSSR count). The summed E-state index contributed by atoms with van der Waals surface area (Å²) in [7, 11) is 4.31. The van der Waals surface area contributed by atoms with Crippen LogP contribution in [0.5, 0.6) is 0 Å². The van der Waals surface area contributed by atoms with Crippen molar-refractivity contribution in [3.8, 4) is 6.07 Å². The lowest BCUT2D eigenvalue weighted by atomic mass is 10.0. The number of hydrogen-bond acceptors (Lipinski definition) is 4. The van der Waals surface area contributed by atoms with Gasteiger partial charge in [-0.2, -0.15) is 5.26 Å². The van der Waals surface area contributed by atoms with Crippen LogP contribution < -0.4 is 4.90 Å². The van der Waals surface area contributed by atoms with E-state index in [4.69, 9.17) is 4.98 Å². The normalized spacial score (nSPS) is 17.5. The van der Waals surface area contributed by atoms with Crippen molar-refractivity contribution in [2.24, 2.45) is 0 Å². The Hall–Kier alpha value is -2.58. The molecule has 0 saturated carbocycles. The average Bonchev–Trinajstić information content (AvgIpc) is 3.26. The van der Waals surface area contributed by atoms with E-state index >= 15 is 0 Å². The Morgan fingerprint density at radius 1 is 1.31 bits per heavy atom. The molecule has 2 aromatic heterocycles. The van der Waals surface area contributed by atoms with Gasteiger partial charge in [-0.1, -0.05) is 19.1 Å². The van der Waals surface area contributed by atoms with Gasteiger partial charge in [0.1, 0.15) is 11.9 Å². The van der Waals surface area contributed by atoms with Gasteiger partial charge in [0.15, 0.2) is 5.65 Å². The lowest BCUT2D eigenvalue weighted by molar-refractivity contribution is 0.315. The van der Waals surface area contributed by atoms with Gasteiger partial charge in [-0.05, 0) is 57.1 Å². The molecule has 3 aromatic rings. The second kappa shape index (κ2) is 6.30. The quantitative estimate of drug-likeness (QED) is 0.729. The van der Waals surface area contributed by atoms with Crippen molar-refractivity contribution < 1.29 is 0 Å². The zero-order chi connectivity index (χ0) is 18.4. The maximum Gasteiger partial charge on any atom is 0.157 e. The molecule has 1 aromatic carbocycles. The molecule has 3 heterocycles. The Morgan fingerprint density at radius 2 is 2.08 bits per heavy atom. The van der Waals surface area contributed by atoms with Crippen LogP contribution in [0.2, 0.25) is 0 Å². The van der Waals surface area contributed by atoms with E-state index in [2.05, 4.69) is 54.3 Å². The van der Waals surface area contributed by atoms with Crippen LogP contribution >= 0.6 is 0 Å². The lowest BCUT2D eigenvalue weighted by Gasteiger charge is -2.26. The van der Waals surface area contributed by atoms with Crippen LogP contribution in [-0.4, -0.2) is 47.5 Å².